The zero-order valence-corrected chi connectivity index (χ0v) is 17.1. The van der Waals surface area contributed by atoms with Gasteiger partial charge in [-0.25, -0.2) is 9.36 Å². The molecular formula is C24H25N3O4. The lowest BCUT2D eigenvalue weighted by atomic mass is 9.92. The van der Waals surface area contributed by atoms with Gasteiger partial charge in [-0.15, -0.1) is 0 Å². The van der Waals surface area contributed by atoms with Gasteiger partial charge in [-0.2, -0.15) is 0 Å². The number of rotatable bonds is 4. The van der Waals surface area contributed by atoms with Gasteiger partial charge in [0.1, 0.15) is 0 Å². The quantitative estimate of drug-likeness (QED) is 0.598. The molecule has 0 atom stereocenters. The zero-order chi connectivity index (χ0) is 21.5. The van der Waals surface area contributed by atoms with Crippen LogP contribution >= 0.6 is 0 Å². The summed E-state index contributed by atoms with van der Waals surface area (Å²) < 4.78 is 6.92. The van der Waals surface area contributed by atoms with Gasteiger partial charge < -0.3 is 20.9 Å². The van der Waals surface area contributed by atoms with Crippen molar-refractivity contribution in [2.45, 2.75) is 44.2 Å². The maximum Gasteiger partial charge on any atom is 0.418 e. The van der Waals surface area contributed by atoms with E-state index < -0.39 is 5.91 Å². The highest BCUT2D eigenvalue weighted by Gasteiger charge is 2.27. The summed E-state index contributed by atoms with van der Waals surface area (Å²) in [7, 11) is 0. The fourth-order valence-electron chi connectivity index (χ4n) is 4.83. The first-order chi connectivity index (χ1) is 15.0. The minimum Gasteiger partial charge on any atom is -0.448 e. The molecular weight excluding hydrogens is 394 g/mol. The normalized spacial score (nSPS) is 20.9. The topological polar surface area (TPSA) is 107 Å². The van der Waals surface area contributed by atoms with Crippen LogP contribution in [-0.2, 0) is 11.2 Å². The standard InChI is InChI=1S/C24H25N3O4/c25-23(29)17-10-5-14(13-19(17)26-15-6-8-16(28)9-7-15)22-18-3-1-2-4-20(18)27-21(22)11-12-31-24(27)30/h1-5,10,13,15-16,26,28H,6-9,11-12H2,(H2,25,29)/t15-,16-. The van der Waals surface area contributed by atoms with Crippen molar-refractivity contribution in [2.75, 3.05) is 11.9 Å². The van der Waals surface area contributed by atoms with Gasteiger partial charge in [0.05, 0.1) is 23.8 Å². The maximum absolute atomic E-state index is 12.5. The molecule has 1 aromatic heterocycles. The van der Waals surface area contributed by atoms with Crippen LogP contribution < -0.4 is 11.1 Å². The predicted octanol–water partition coefficient (Wildman–Crippen LogP) is 3.66. The lowest BCUT2D eigenvalue weighted by Crippen LogP contribution is -2.29. The molecule has 1 aliphatic heterocycles. The number of carbonyl (C=O) groups excluding carboxylic acids is 2. The number of aromatic nitrogens is 1. The first-order valence-electron chi connectivity index (χ1n) is 10.7. The molecule has 7 heteroatoms. The number of para-hydroxylation sites is 1. The van der Waals surface area contributed by atoms with E-state index in [0.717, 1.165) is 53.4 Å². The fourth-order valence-corrected chi connectivity index (χ4v) is 4.83. The third-order valence-electron chi connectivity index (χ3n) is 6.35. The highest BCUT2D eigenvalue weighted by molar-refractivity contribution is 6.05. The highest BCUT2D eigenvalue weighted by Crippen LogP contribution is 2.38. The predicted molar refractivity (Wildman–Crippen MR) is 118 cm³/mol. The summed E-state index contributed by atoms with van der Waals surface area (Å²) >= 11 is 0. The minimum atomic E-state index is -0.489. The van der Waals surface area contributed by atoms with Gasteiger partial charge in [0.2, 0.25) is 0 Å². The van der Waals surface area contributed by atoms with Crippen LogP contribution in [0.5, 0.6) is 0 Å². The molecule has 0 unspecified atom stereocenters. The molecule has 4 N–H and O–H groups in total. The lowest BCUT2D eigenvalue weighted by molar-refractivity contribution is 0.1000. The van der Waals surface area contributed by atoms with Gasteiger partial charge >= 0.3 is 6.09 Å². The van der Waals surface area contributed by atoms with E-state index in [2.05, 4.69) is 5.32 Å². The van der Waals surface area contributed by atoms with Crippen molar-refractivity contribution >= 4 is 28.6 Å². The Morgan fingerprint density at radius 1 is 1.13 bits per heavy atom. The first-order valence-corrected chi connectivity index (χ1v) is 10.7. The zero-order valence-electron chi connectivity index (χ0n) is 17.1. The summed E-state index contributed by atoms with van der Waals surface area (Å²) in [6, 6.07) is 13.5. The van der Waals surface area contributed by atoms with E-state index in [1.807, 2.05) is 36.4 Å². The number of cyclic esters (lactones) is 1. The number of nitrogens with zero attached hydrogens (tertiary/aromatic N) is 1. The Hall–Kier alpha value is -3.32. The Morgan fingerprint density at radius 2 is 1.90 bits per heavy atom. The van der Waals surface area contributed by atoms with Crippen LogP contribution in [0.15, 0.2) is 42.5 Å². The Morgan fingerprint density at radius 3 is 2.68 bits per heavy atom. The molecule has 31 heavy (non-hydrogen) atoms. The summed E-state index contributed by atoms with van der Waals surface area (Å²) in [4.78, 5) is 24.6. The number of aliphatic hydroxyl groups is 1. The van der Waals surface area contributed by atoms with Crippen molar-refractivity contribution in [1.29, 1.82) is 0 Å². The molecule has 160 valence electrons. The van der Waals surface area contributed by atoms with E-state index in [-0.39, 0.29) is 18.2 Å². The molecule has 3 aromatic rings. The Labute approximate surface area is 179 Å². The molecule has 0 spiro atoms. The van der Waals surface area contributed by atoms with E-state index >= 15 is 0 Å². The molecule has 5 rings (SSSR count). The first kappa shape index (κ1) is 19.6. The fraction of sp³-hybridized carbons (Fsp3) is 0.333. The summed E-state index contributed by atoms with van der Waals surface area (Å²) in [6.45, 7) is 0.344. The van der Waals surface area contributed by atoms with E-state index in [1.165, 1.54) is 0 Å². The SMILES string of the molecule is NC(=O)c1ccc(-c2c3n(c4ccccc24)C(=O)OCC3)cc1N[C@H]1CC[C@H](O)CC1. The number of nitrogens with two attached hydrogens (primary N) is 1. The van der Waals surface area contributed by atoms with Crippen LogP contribution in [0.3, 0.4) is 0 Å². The van der Waals surface area contributed by atoms with Gasteiger partial charge in [0, 0.05) is 34.8 Å². The second-order valence-electron chi connectivity index (χ2n) is 8.31. The summed E-state index contributed by atoms with van der Waals surface area (Å²) in [5, 5.41) is 14.2. The van der Waals surface area contributed by atoms with E-state index in [1.54, 1.807) is 10.6 Å². The van der Waals surface area contributed by atoms with E-state index in [4.69, 9.17) is 10.5 Å². The van der Waals surface area contributed by atoms with Crippen molar-refractivity contribution in [3.63, 3.8) is 0 Å². The molecule has 1 amide bonds. The maximum atomic E-state index is 12.5. The molecule has 0 saturated heterocycles. The molecule has 0 bridgehead atoms. The number of aliphatic hydroxyl groups excluding tert-OH is 1. The van der Waals surface area contributed by atoms with Crippen molar-refractivity contribution < 1.29 is 19.4 Å². The number of primary amides is 1. The van der Waals surface area contributed by atoms with E-state index in [0.29, 0.717) is 24.3 Å². The van der Waals surface area contributed by atoms with Crippen molar-refractivity contribution in [3.05, 3.63) is 53.7 Å². The highest BCUT2D eigenvalue weighted by atomic mass is 16.6. The molecule has 1 fully saturated rings. The average molecular weight is 419 g/mol. The molecule has 1 saturated carbocycles. The summed E-state index contributed by atoms with van der Waals surface area (Å²) in [6.07, 6.45) is 3.15. The third-order valence-corrected chi connectivity index (χ3v) is 6.35. The molecule has 7 nitrogen and oxygen atoms in total. The third kappa shape index (κ3) is 3.45. The van der Waals surface area contributed by atoms with Gasteiger partial charge in [0.25, 0.3) is 5.91 Å². The average Bonchev–Trinajstić information content (AvgIpc) is 3.11. The monoisotopic (exact) mass is 419 g/mol. The van der Waals surface area contributed by atoms with Gasteiger partial charge in [-0.3, -0.25) is 4.79 Å². The number of fused-ring (bicyclic) bond motifs is 3. The second-order valence-corrected chi connectivity index (χ2v) is 8.31. The van der Waals surface area contributed by atoms with Gasteiger partial charge in [-0.1, -0.05) is 24.3 Å². The van der Waals surface area contributed by atoms with Crippen molar-refractivity contribution in [1.82, 2.24) is 4.57 Å². The Kier molecular flexibility index (Phi) is 4.90. The molecule has 2 aromatic carbocycles. The molecule has 2 aliphatic rings. The number of benzene rings is 2. The molecule has 0 radical (unpaired) electrons. The van der Waals surface area contributed by atoms with Crippen LogP contribution in [-0.4, -0.2) is 40.4 Å². The number of amides is 1. The minimum absolute atomic E-state index is 0.173. The number of hydrogen-bond donors (Lipinski definition) is 3. The number of nitrogens with one attached hydrogen (secondary N) is 1. The smallest absolute Gasteiger partial charge is 0.418 e. The van der Waals surface area contributed by atoms with Crippen LogP contribution in [0.2, 0.25) is 0 Å². The van der Waals surface area contributed by atoms with Crippen LogP contribution in [0, 0.1) is 0 Å². The largest absolute Gasteiger partial charge is 0.448 e. The van der Waals surface area contributed by atoms with E-state index in [9.17, 15) is 14.7 Å². The number of ether oxygens (including phenoxy) is 1. The van der Waals surface area contributed by atoms with Crippen LogP contribution in [0.1, 0.15) is 41.7 Å². The summed E-state index contributed by atoms with van der Waals surface area (Å²) in [5.74, 6) is -0.489. The number of anilines is 1. The van der Waals surface area contributed by atoms with Crippen LogP contribution in [0.4, 0.5) is 10.5 Å². The molecule has 2 heterocycles. The van der Waals surface area contributed by atoms with Crippen molar-refractivity contribution in [3.8, 4) is 11.1 Å². The lowest BCUT2D eigenvalue weighted by Gasteiger charge is -2.28. The van der Waals surface area contributed by atoms with Gasteiger partial charge in [0.15, 0.2) is 0 Å². The van der Waals surface area contributed by atoms with Gasteiger partial charge in [-0.05, 0) is 49.4 Å². The number of carbonyl (C=O) groups is 2. The second kappa shape index (κ2) is 7.74. The van der Waals surface area contributed by atoms with Crippen molar-refractivity contribution in [2.24, 2.45) is 5.73 Å². The Bertz CT molecular complexity index is 1180. The Balaban J connectivity index is 1.62. The van der Waals surface area contributed by atoms with Crippen LogP contribution in [0.25, 0.3) is 22.0 Å². The molecule has 1 aliphatic carbocycles. The number of hydrogen-bond acceptors (Lipinski definition) is 5. The summed E-state index contributed by atoms with van der Waals surface area (Å²) in [5.41, 5.74) is 10.4.